The first-order valence-corrected chi connectivity index (χ1v) is 4.97. The normalized spacial score (nSPS) is 31.8. The maximum Gasteiger partial charge on any atom is 0.0713 e. The molecule has 12 heavy (non-hydrogen) atoms. The summed E-state index contributed by atoms with van der Waals surface area (Å²) in [5.41, 5.74) is 0. The standard InChI is InChI=1S/C10H21NO/c1-5-9-6-10(12-4)7-11(9)8(2)3/h8-10H,5-7H2,1-4H3/t9-,10+/m1/s1. The van der Waals surface area contributed by atoms with Crippen LogP contribution in [0.5, 0.6) is 0 Å². The molecule has 2 atom stereocenters. The average Bonchev–Trinajstić information content (AvgIpc) is 2.47. The van der Waals surface area contributed by atoms with Crippen molar-refractivity contribution in [2.24, 2.45) is 0 Å². The Hall–Kier alpha value is -0.0800. The summed E-state index contributed by atoms with van der Waals surface area (Å²) in [6.45, 7) is 7.91. The van der Waals surface area contributed by atoms with Gasteiger partial charge in [0.1, 0.15) is 0 Å². The highest BCUT2D eigenvalue weighted by Crippen LogP contribution is 2.24. The van der Waals surface area contributed by atoms with Crippen LogP contribution in [0, 0.1) is 0 Å². The molecule has 0 aromatic rings. The van der Waals surface area contributed by atoms with Crippen molar-refractivity contribution in [3.05, 3.63) is 0 Å². The maximum absolute atomic E-state index is 5.38. The Balaban J connectivity index is 2.50. The van der Waals surface area contributed by atoms with Crippen molar-refractivity contribution in [3.8, 4) is 0 Å². The minimum atomic E-state index is 0.470. The highest BCUT2D eigenvalue weighted by Gasteiger charge is 2.31. The molecule has 0 radical (unpaired) electrons. The molecule has 0 aromatic heterocycles. The van der Waals surface area contributed by atoms with E-state index < -0.39 is 0 Å². The number of hydrogen-bond acceptors (Lipinski definition) is 2. The summed E-state index contributed by atoms with van der Waals surface area (Å²) in [5.74, 6) is 0. The van der Waals surface area contributed by atoms with Crippen molar-refractivity contribution in [2.45, 2.75) is 51.8 Å². The highest BCUT2D eigenvalue weighted by atomic mass is 16.5. The maximum atomic E-state index is 5.38. The van der Waals surface area contributed by atoms with Crippen LogP contribution in [0.15, 0.2) is 0 Å². The molecule has 0 spiro atoms. The summed E-state index contributed by atoms with van der Waals surface area (Å²) in [5, 5.41) is 0. The Morgan fingerprint density at radius 2 is 2.17 bits per heavy atom. The van der Waals surface area contributed by atoms with Gasteiger partial charge in [0.05, 0.1) is 6.10 Å². The fraction of sp³-hybridized carbons (Fsp3) is 1.00. The summed E-state index contributed by atoms with van der Waals surface area (Å²) in [4.78, 5) is 2.55. The van der Waals surface area contributed by atoms with E-state index >= 15 is 0 Å². The van der Waals surface area contributed by atoms with Gasteiger partial charge in [-0.05, 0) is 26.7 Å². The van der Waals surface area contributed by atoms with Crippen molar-refractivity contribution >= 4 is 0 Å². The van der Waals surface area contributed by atoms with E-state index in [1.807, 2.05) is 7.11 Å². The molecular weight excluding hydrogens is 150 g/mol. The van der Waals surface area contributed by atoms with Gasteiger partial charge in [-0.15, -0.1) is 0 Å². The fourth-order valence-electron chi connectivity index (χ4n) is 2.10. The minimum Gasteiger partial charge on any atom is -0.380 e. The van der Waals surface area contributed by atoms with Crippen molar-refractivity contribution < 1.29 is 4.74 Å². The molecule has 1 aliphatic rings. The largest absolute Gasteiger partial charge is 0.380 e. The number of nitrogens with zero attached hydrogens (tertiary/aromatic N) is 1. The third-order valence-electron chi connectivity index (χ3n) is 2.89. The molecular formula is C10H21NO. The summed E-state index contributed by atoms with van der Waals surface area (Å²) < 4.78 is 5.38. The molecule has 1 heterocycles. The van der Waals surface area contributed by atoms with Crippen LogP contribution < -0.4 is 0 Å². The van der Waals surface area contributed by atoms with Gasteiger partial charge in [-0.25, -0.2) is 0 Å². The van der Waals surface area contributed by atoms with Gasteiger partial charge in [-0.3, -0.25) is 4.90 Å². The smallest absolute Gasteiger partial charge is 0.0713 e. The predicted molar refractivity (Wildman–Crippen MR) is 51.3 cm³/mol. The van der Waals surface area contributed by atoms with Crippen LogP contribution in [0.4, 0.5) is 0 Å². The van der Waals surface area contributed by atoms with Gasteiger partial charge >= 0.3 is 0 Å². The van der Waals surface area contributed by atoms with Crippen LogP contribution in [-0.2, 0) is 4.74 Å². The van der Waals surface area contributed by atoms with Crippen molar-refractivity contribution in [2.75, 3.05) is 13.7 Å². The molecule has 72 valence electrons. The molecule has 0 aromatic carbocycles. The Morgan fingerprint density at radius 1 is 1.50 bits per heavy atom. The van der Waals surface area contributed by atoms with Gasteiger partial charge in [0, 0.05) is 25.7 Å². The van der Waals surface area contributed by atoms with Crippen molar-refractivity contribution in [3.63, 3.8) is 0 Å². The fourth-order valence-corrected chi connectivity index (χ4v) is 2.10. The van der Waals surface area contributed by atoms with Crippen LogP contribution in [-0.4, -0.2) is 36.7 Å². The second kappa shape index (κ2) is 4.24. The van der Waals surface area contributed by atoms with E-state index in [4.69, 9.17) is 4.74 Å². The second-order valence-electron chi connectivity index (χ2n) is 3.95. The molecule has 0 N–H and O–H groups in total. The molecule has 1 fully saturated rings. The molecule has 1 rings (SSSR count). The van der Waals surface area contributed by atoms with E-state index in [0.29, 0.717) is 12.1 Å². The van der Waals surface area contributed by atoms with E-state index in [1.165, 1.54) is 12.8 Å². The first kappa shape index (κ1) is 10.0. The Labute approximate surface area is 75.9 Å². The number of likely N-dealkylation sites (tertiary alicyclic amines) is 1. The number of hydrogen-bond donors (Lipinski definition) is 0. The van der Waals surface area contributed by atoms with Gasteiger partial charge in [0.15, 0.2) is 0 Å². The molecule has 2 heteroatoms. The lowest BCUT2D eigenvalue weighted by atomic mass is 10.1. The zero-order chi connectivity index (χ0) is 9.14. The number of methoxy groups -OCH3 is 1. The Morgan fingerprint density at radius 3 is 2.50 bits per heavy atom. The van der Waals surface area contributed by atoms with Crippen LogP contribution in [0.25, 0.3) is 0 Å². The van der Waals surface area contributed by atoms with E-state index in [1.54, 1.807) is 0 Å². The zero-order valence-corrected chi connectivity index (χ0v) is 8.71. The van der Waals surface area contributed by atoms with E-state index in [-0.39, 0.29) is 0 Å². The monoisotopic (exact) mass is 171 g/mol. The first-order chi connectivity index (χ1) is 5.69. The lowest BCUT2D eigenvalue weighted by Crippen LogP contribution is -2.35. The molecule has 0 unspecified atom stereocenters. The second-order valence-corrected chi connectivity index (χ2v) is 3.95. The summed E-state index contributed by atoms with van der Waals surface area (Å²) >= 11 is 0. The predicted octanol–water partition coefficient (Wildman–Crippen LogP) is 1.89. The first-order valence-electron chi connectivity index (χ1n) is 4.97. The molecule has 0 saturated carbocycles. The summed E-state index contributed by atoms with van der Waals surface area (Å²) in [6, 6.07) is 1.41. The lowest BCUT2D eigenvalue weighted by Gasteiger charge is -2.26. The highest BCUT2D eigenvalue weighted by molar-refractivity contribution is 4.86. The zero-order valence-electron chi connectivity index (χ0n) is 8.71. The van der Waals surface area contributed by atoms with Crippen LogP contribution >= 0.6 is 0 Å². The van der Waals surface area contributed by atoms with Crippen LogP contribution in [0.3, 0.4) is 0 Å². The van der Waals surface area contributed by atoms with Gasteiger partial charge in [-0.1, -0.05) is 6.92 Å². The molecule has 0 aliphatic carbocycles. The van der Waals surface area contributed by atoms with Gasteiger partial charge in [0.25, 0.3) is 0 Å². The number of rotatable bonds is 3. The number of ether oxygens (including phenoxy) is 1. The molecule has 1 saturated heterocycles. The van der Waals surface area contributed by atoms with Gasteiger partial charge in [0.2, 0.25) is 0 Å². The third kappa shape index (κ3) is 1.99. The third-order valence-corrected chi connectivity index (χ3v) is 2.89. The minimum absolute atomic E-state index is 0.470. The average molecular weight is 171 g/mol. The van der Waals surface area contributed by atoms with E-state index in [0.717, 1.165) is 12.6 Å². The molecule has 0 amide bonds. The Bertz CT molecular complexity index is 136. The van der Waals surface area contributed by atoms with E-state index in [2.05, 4.69) is 25.7 Å². The Kier molecular flexibility index (Phi) is 3.53. The SMILES string of the molecule is CC[C@@H]1C[C@H](OC)CN1C(C)C. The van der Waals surface area contributed by atoms with Crippen LogP contribution in [0.1, 0.15) is 33.6 Å². The lowest BCUT2D eigenvalue weighted by molar-refractivity contribution is 0.103. The summed E-state index contributed by atoms with van der Waals surface area (Å²) in [7, 11) is 1.82. The molecule has 1 aliphatic heterocycles. The van der Waals surface area contributed by atoms with Crippen molar-refractivity contribution in [1.29, 1.82) is 0 Å². The van der Waals surface area contributed by atoms with Gasteiger partial charge < -0.3 is 4.74 Å². The topological polar surface area (TPSA) is 12.5 Å². The summed E-state index contributed by atoms with van der Waals surface area (Å²) in [6.07, 6.45) is 2.93. The molecule has 2 nitrogen and oxygen atoms in total. The quantitative estimate of drug-likeness (QED) is 0.643. The van der Waals surface area contributed by atoms with Gasteiger partial charge in [-0.2, -0.15) is 0 Å². The van der Waals surface area contributed by atoms with Crippen molar-refractivity contribution in [1.82, 2.24) is 4.90 Å². The van der Waals surface area contributed by atoms with E-state index in [9.17, 15) is 0 Å². The van der Waals surface area contributed by atoms with Crippen LogP contribution in [0.2, 0.25) is 0 Å². The molecule has 0 bridgehead atoms.